The summed E-state index contributed by atoms with van der Waals surface area (Å²) in [5.41, 5.74) is 0.588. The third-order valence-electron chi connectivity index (χ3n) is 3.61. The van der Waals surface area contributed by atoms with Crippen molar-refractivity contribution in [1.82, 2.24) is 15.2 Å². The molecule has 0 saturated carbocycles. The van der Waals surface area contributed by atoms with E-state index in [1.165, 1.54) is 19.3 Å². The van der Waals surface area contributed by atoms with Crippen molar-refractivity contribution in [2.75, 3.05) is 38.0 Å². The number of halogens is 1. The van der Waals surface area contributed by atoms with Crippen LogP contribution in [0, 0.1) is 0 Å². The van der Waals surface area contributed by atoms with Crippen LogP contribution in [0.25, 0.3) is 0 Å². The fraction of sp³-hybridized carbons (Fsp3) is 0.600. The van der Waals surface area contributed by atoms with Crippen molar-refractivity contribution in [1.29, 1.82) is 0 Å². The lowest BCUT2D eigenvalue weighted by atomic mass is 10.1. The van der Waals surface area contributed by atoms with Crippen molar-refractivity contribution in [2.24, 2.45) is 0 Å². The zero-order valence-electron chi connectivity index (χ0n) is 12.5. The molecule has 5 nitrogen and oxygen atoms in total. The lowest BCUT2D eigenvalue weighted by Crippen LogP contribution is -2.37. The number of rotatable bonds is 6. The molecule has 1 aliphatic heterocycles. The maximum Gasteiger partial charge on any atom is 0.255 e. The summed E-state index contributed by atoms with van der Waals surface area (Å²) in [5.74, 6) is 0.563. The first-order chi connectivity index (χ1) is 10.2. The van der Waals surface area contributed by atoms with Gasteiger partial charge < -0.3 is 15.5 Å². The van der Waals surface area contributed by atoms with Gasteiger partial charge in [0.2, 0.25) is 0 Å². The molecule has 1 saturated heterocycles. The average Bonchev–Trinajstić information content (AvgIpc) is 2.50. The highest BCUT2D eigenvalue weighted by molar-refractivity contribution is 9.10. The monoisotopic (exact) mass is 354 g/mol. The lowest BCUT2D eigenvalue weighted by Gasteiger charge is -2.26. The van der Waals surface area contributed by atoms with Crippen molar-refractivity contribution >= 4 is 27.7 Å². The first-order valence-electron chi connectivity index (χ1n) is 7.60. The third kappa shape index (κ3) is 4.97. The number of likely N-dealkylation sites (tertiary alicyclic amines) is 1. The van der Waals surface area contributed by atoms with Gasteiger partial charge in [-0.25, -0.2) is 4.98 Å². The number of aromatic nitrogens is 1. The molecule has 0 aromatic carbocycles. The summed E-state index contributed by atoms with van der Waals surface area (Å²) in [6.45, 7) is 6.62. The highest BCUT2D eigenvalue weighted by Gasteiger charge is 2.14. The minimum atomic E-state index is -0.0724. The van der Waals surface area contributed by atoms with Gasteiger partial charge in [0, 0.05) is 30.3 Å². The second-order valence-electron chi connectivity index (χ2n) is 5.24. The highest BCUT2D eigenvalue weighted by Crippen LogP contribution is 2.17. The van der Waals surface area contributed by atoms with Crippen LogP contribution < -0.4 is 10.6 Å². The molecule has 2 rings (SSSR count). The molecule has 2 heterocycles. The van der Waals surface area contributed by atoms with E-state index >= 15 is 0 Å². The highest BCUT2D eigenvalue weighted by atomic mass is 79.9. The van der Waals surface area contributed by atoms with E-state index in [1.54, 1.807) is 12.3 Å². The summed E-state index contributed by atoms with van der Waals surface area (Å²) in [4.78, 5) is 19.0. The van der Waals surface area contributed by atoms with Crippen molar-refractivity contribution in [2.45, 2.75) is 26.2 Å². The Hall–Kier alpha value is -1.14. The minimum Gasteiger partial charge on any atom is -0.370 e. The van der Waals surface area contributed by atoms with Crippen molar-refractivity contribution in [3.05, 3.63) is 22.3 Å². The molecule has 0 aliphatic carbocycles. The van der Waals surface area contributed by atoms with E-state index in [1.807, 2.05) is 6.92 Å². The zero-order chi connectivity index (χ0) is 15.1. The molecule has 0 unspecified atom stereocenters. The molecule has 0 atom stereocenters. The van der Waals surface area contributed by atoms with Gasteiger partial charge in [-0.3, -0.25) is 4.79 Å². The number of hydrogen-bond acceptors (Lipinski definition) is 4. The lowest BCUT2D eigenvalue weighted by molar-refractivity contribution is 0.0947. The van der Waals surface area contributed by atoms with Gasteiger partial charge in [-0.05, 0) is 54.9 Å². The molecule has 6 heteroatoms. The van der Waals surface area contributed by atoms with Crippen molar-refractivity contribution in [3.63, 3.8) is 0 Å². The van der Waals surface area contributed by atoms with E-state index in [-0.39, 0.29) is 5.91 Å². The van der Waals surface area contributed by atoms with E-state index in [0.717, 1.165) is 30.7 Å². The first kappa shape index (κ1) is 16.2. The predicted molar refractivity (Wildman–Crippen MR) is 88.7 cm³/mol. The summed E-state index contributed by atoms with van der Waals surface area (Å²) in [7, 11) is 0. The summed E-state index contributed by atoms with van der Waals surface area (Å²) in [5, 5.41) is 6.11. The number of carbonyl (C=O) groups excluding carboxylic acids is 1. The fourth-order valence-corrected chi connectivity index (χ4v) is 2.86. The predicted octanol–water partition coefficient (Wildman–Crippen LogP) is 2.49. The van der Waals surface area contributed by atoms with Gasteiger partial charge in [-0.1, -0.05) is 6.42 Å². The van der Waals surface area contributed by atoms with Crippen LogP contribution in [0.15, 0.2) is 16.7 Å². The number of nitrogens with one attached hydrogen (secondary N) is 2. The van der Waals surface area contributed by atoms with E-state index in [9.17, 15) is 4.79 Å². The summed E-state index contributed by atoms with van der Waals surface area (Å²) in [6.07, 6.45) is 5.57. The Kier molecular flexibility index (Phi) is 6.45. The van der Waals surface area contributed by atoms with E-state index < -0.39 is 0 Å². The summed E-state index contributed by atoms with van der Waals surface area (Å²) < 4.78 is 0.810. The van der Waals surface area contributed by atoms with Gasteiger partial charge in [-0.15, -0.1) is 0 Å². The largest absolute Gasteiger partial charge is 0.370 e. The van der Waals surface area contributed by atoms with Crippen LogP contribution in [0.2, 0.25) is 0 Å². The maximum absolute atomic E-state index is 12.3. The summed E-state index contributed by atoms with van der Waals surface area (Å²) >= 11 is 3.37. The second-order valence-corrected chi connectivity index (χ2v) is 6.15. The fourth-order valence-electron chi connectivity index (χ4n) is 2.53. The summed E-state index contributed by atoms with van der Waals surface area (Å²) in [6, 6.07) is 1.81. The Morgan fingerprint density at radius 1 is 1.38 bits per heavy atom. The number of hydrogen-bond donors (Lipinski definition) is 2. The van der Waals surface area contributed by atoms with Crippen molar-refractivity contribution in [3.8, 4) is 0 Å². The molecule has 116 valence electrons. The molecule has 2 N–H and O–H groups in total. The van der Waals surface area contributed by atoms with Crippen molar-refractivity contribution < 1.29 is 4.79 Å². The third-order valence-corrected chi connectivity index (χ3v) is 4.04. The first-order valence-corrected chi connectivity index (χ1v) is 8.40. The molecular weight excluding hydrogens is 332 g/mol. The van der Waals surface area contributed by atoms with Gasteiger partial charge in [0.1, 0.15) is 5.82 Å². The topological polar surface area (TPSA) is 57.3 Å². The second kappa shape index (κ2) is 8.34. The molecule has 0 radical (unpaired) electrons. The van der Waals surface area contributed by atoms with Gasteiger partial charge in [0.05, 0.1) is 5.56 Å². The molecular formula is C15H23BrN4O. The van der Waals surface area contributed by atoms with Crippen LogP contribution >= 0.6 is 15.9 Å². The number of anilines is 1. The Balaban J connectivity index is 1.88. The Bertz CT molecular complexity index is 475. The van der Waals surface area contributed by atoms with Crippen LogP contribution in [0.5, 0.6) is 0 Å². The molecule has 21 heavy (non-hydrogen) atoms. The maximum atomic E-state index is 12.3. The van der Waals surface area contributed by atoms with Gasteiger partial charge in [0.15, 0.2) is 0 Å². The van der Waals surface area contributed by atoms with Gasteiger partial charge in [0.25, 0.3) is 5.91 Å². The SMILES string of the molecule is CCNc1ncc(Br)cc1C(=O)NCCN1CCCCC1. The van der Waals surface area contributed by atoms with Gasteiger partial charge >= 0.3 is 0 Å². The number of nitrogens with zero attached hydrogens (tertiary/aromatic N) is 2. The zero-order valence-corrected chi connectivity index (χ0v) is 14.1. The Morgan fingerprint density at radius 2 is 2.14 bits per heavy atom. The quantitative estimate of drug-likeness (QED) is 0.823. The number of amides is 1. The van der Waals surface area contributed by atoms with Crippen LogP contribution in [-0.4, -0.2) is 48.5 Å². The van der Waals surface area contributed by atoms with E-state index in [0.29, 0.717) is 17.9 Å². The molecule has 0 spiro atoms. The average molecular weight is 355 g/mol. The smallest absolute Gasteiger partial charge is 0.255 e. The van der Waals surface area contributed by atoms with E-state index in [2.05, 4.69) is 36.4 Å². The number of carbonyl (C=O) groups is 1. The number of pyridine rings is 1. The molecule has 1 aliphatic rings. The van der Waals surface area contributed by atoms with Crippen LogP contribution in [0.1, 0.15) is 36.5 Å². The van der Waals surface area contributed by atoms with E-state index in [4.69, 9.17) is 0 Å². The Morgan fingerprint density at radius 3 is 2.86 bits per heavy atom. The molecule has 1 aromatic rings. The van der Waals surface area contributed by atoms with Crippen LogP contribution in [0.4, 0.5) is 5.82 Å². The Labute approximate surface area is 134 Å². The minimum absolute atomic E-state index is 0.0724. The normalized spacial score (nSPS) is 15.7. The molecule has 1 aromatic heterocycles. The van der Waals surface area contributed by atoms with Gasteiger partial charge in [-0.2, -0.15) is 0 Å². The van der Waals surface area contributed by atoms with Crippen LogP contribution in [0.3, 0.4) is 0 Å². The molecule has 1 amide bonds. The molecule has 0 bridgehead atoms. The molecule has 1 fully saturated rings. The van der Waals surface area contributed by atoms with Crippen LogP contribution in [-0.2, 0) is 0 Å². The standard InChI is InChI=1S/C15H23BrN4O/c1-2-17-14-13(10-12(16)11-19-14)15(21)18-6-9-20-7-4-3-5-8-20/h10-11H,2-9H2,1H3,(H,17,19)(H,18,21). The number of piperidine rings is 1.